The number of rotatable bonds is 1. The van der Waals surface area contributed by atoms with Crippen LogP contribution in [0.2, 0.25) is 0 Å². The molecular weight excluding hydrogens is 220 g/mol. The van der Waals surface area contributed by atoms with E-state index in [2.05, 4.69) is 5.10 Å². The number of carboxylic acids is 1. The summed E-state index contributed by atoms with van der Waals surface area (Å²) in [6, 6.07) is 0. The van der Waals surface area contributed by atoms with Gasteiger partial charge >= 0.3 is 5.97 Å². The molecule has 2 heterocycles. The van der Waals surface area contributed by atoms with Gasteiger partial charge in [-0.05, 0) is 0 Å². The summed E-state index contributed by atoms with van der Waals surface area (Å²) in [6.45, 7) is 0. The fourth-order valence-electron chi connectivity index (χ4n) is 1.78. The highest BCUT2D eigenvalue weighted by Crippen LogP contribution is 2.23. The number of sulfone groups is 1. The predicted octanol–water partition coefficient (Wildman–Crippen LogP) is -0.411. The number of fused-ring (bicyclic) bond motifs is 1. The van der Waals surface area contributed by atoms with Crippen molar-refractivity contribution in [3.8, 4) is 0 Å². The van der Waals surface area contributed by atoms with E-state index in [1.54, 1.807) is 7.05 Å². The maximum Gasteiger partial charge on any atom is 0.356 e. The number of hydrogen-bond donors (Lipinski definition) is 1. The summed E-state index contributed by atoms with van der Waals surface area (Å²) in [6.07, 6.45) is 0.342. The molecule has 0 bridgehead atoms. The lowest BCUT2D eigenvalue weighted by Gasteiger charge is -2.12. The summed E-state index contributed by atoms with van der Waals surface area (Å²) in [5.74, 6) is -1.32. The lowest BCUT2D eigenvalue weighted by atomic mass is 10.1. The van der Waals surface area contributed by atoms with Crippen LogP contribution < -0.4 is 0 Å². The average molecular weight is 230 g/mol. The van der Waals surface area contributed by atoms with E-state index in [0.29, 0.717) is 17.7 Å². The van der Waals surface area contributed by atoms with Crippen molar-refractivity contribution in [2.75, 3.05) is 5.75 Å². The third kappa shape index (κ3) is 1.63. The van der Waals surface area contributed by atoms with E-state index in [9.17, 15) is 13.2 Å². The molecule has 0 radical (unpaired) electrons. The minimum Gasteiger partial charge on any atom is -0.476 e. The molecule has 0 aromatic carbocycles. The Balaban J connectivity index is 2.61. The molecule has 2 rings (SSSR count). The summed E-state index contributed by atoms with van der Waals surface area (Å²) in [4.78, 5) is 10.8. The van der Waals surface area contributed by atoms with Crippen LogP contribution >= 0.6 is 0 Å². The number of aryl methyl sites for hydroxylation is 1. The smallest absolute Gasteiger partial charge is 0.356 e. The zero-order valence-electron chi connectivity index (χ0n) is 8.10. The van der Waals surface area contributed by atoms with Crippen molar-refractivity contribution in [2.24, 2.45) is 7.05 Å². The van der Waals surface area contributed by atoms with Crippen LogP contribution in [0.3, 0.4) is 0 Å². The molecule has 1 aromatic rings. The standard InChI is InChI=1S/C8H10N2O4S/c1-10-6-2-3-15(13,14)4-5(6)7(9-10)8(11)12/h2-4H2,1H3,(H,11,12). The van der Waals surface area contributed by atoms with Gasteiger partial charge in [-0.15, -0.1) is 0 Å². The Bertz CT molecular complexity index is 529. The summed E-state index contributed by atoms with van der Waals surface area (Å²) in [5.41, 5.74) is 0.911. The van der Waals surface area contributed by atoms with Gasteiger partial charge in [-0.2, -0.15) is 5.10 Å². The Morgan fingerprint density at radius 2 is 2.20 bits per heavy atom. The third-order valence-corrected chi connectivity index (χ3v) is 4.05. The Labute approximate surface area is 86.4 Å². The van der Waals surface area contributed by atoms with Crippen LogP contribution in [0.1, 0.15) is 21.7 Å². The molecule has 1 N–H and O–H groups in total. The SMILES string of the molecule is Cn1nc(C(=O)O)c2c1CCS(=O)(=O)C2. The number of carboxylic acid groups (broad SMARTS) is 1. The third-order valence-electron chi connectivity index (χ3n) is 2.49. The zero-order valence-corrected chi connectivity index (χ0v) is 8.91. The summed E-state index contributed by atoms with van der Waals surface area (Å²) < 4.78 is 24.2. The van der Waals surface area contributed by atoms with Crippen molar-refractivity contribution in [3.05, 3.63) is 17.0 Å². The molecule has 0 atom stereocenters. The van der Waals surface area contributed by atoms with E-state index in [-0.39, 0.29) is 17.2 Å². The van der Waals surface area contributed by atoms with Crippen LogP contribution in [0.15, 0.2) is 0 Å². The molecule has 1 aliphatic heterocycles. The van der Waals surface area contributed by atoms with Gasteiger partial charge in [0.25, 0.3) is 0 Å². The first-order valence-corrected chi connectivity index (χ1v) is 6.21. The van der Waals surface area contributed by atoms with E-state index in [1.807, 2.05) is 0 Å². The quantitative estimate of drug-likeness (QED) is 0.708. The summed E-state index contributed by atoms with van der Waals surface area (Å²) >= 11 is 0. The summed E-state index contributed by atoms with van der Waals surface area (Å²) in [7, 11) is -1.53. The van der Waals surface area contributed by atoms with Crippen LogP contribution in [0, 0.1) is 0 Å². The fourth-order valence-corrected chi connectivity index (χ4v) is 3.18. The predicted molar refractivity (Wildman–Crippen MR) is 51.4 cm³/mol. The van der Waals surface area contributed by atoms with Gasteiger partial charge in [0.1, 0.15) is 0 Å². The monoisotopic (exact) mass is 230 g/mol. The first-order valence-electron chi connectivity index (χ1n) is 4.39. The first-order chi connectivity index (χ1) is 6.91. The molecule has 1 aromatic heterocycles. The van der Waals surface area contributed by atoms with Crippen LogP contribution in [0.25, 0.3) is 0 Å². The highest BCUT2D eigenvalue weighted by atomic mass is 32.2. The maximum atomic E-state index is 11.4. The Hall–Kier alpha value is -1.37. The minimum atomic E-state index is -3.16. The van der Waals surface area contributed by atoms with Gasteiger partial charge in [0.15, 0.2) is 15.5 Å². The van der Waals surface area contributed by atoms with E-state index >= 15 is 0 Å². The number of aromatic nitrogens is 2. The molecule has 0 fully saturated rings. The van der Waals surface area contributed by atoms with Crippen LogP contribution in [0.5, 0.6) is 0 Å². The van der Waals surface area contributed by atoms with Gasteiger partial charge in [0.2, 0.25) is 0 Å². The van der Waals surface area contributed by atoms with Gasteiger partial charge in [-0.1, -0.05) is 0 Å². The lowest BCUT2D eigenvalue weighted by molar-refractivity contribution is 0.0689. The van der Waals surface area contributed by atoms with Gasteiger partial charge in [0, 0.05) is 24.7 Å². The molecule has 6 nitrogen and oxygen atoms in total. The van der Waals surface area contributed by atoms with E-state index in [4.69, 9.17) is 5.11 Å². The Morgan fingerprint density at radius 1 is 1.53 bits per heavy atom. The number of hydrogen-bond acceptors (Lipinski definition) is 4. The molecule has 0 spiro atoms. The largest absolute Gasteiger partial charge is 0.476 e. The molecule has 0 aliphatic carbocycles. The van der Waals surface area contributed by atoms with Gasteiger partial charge < -0.3 is 5.11 Å². The van der Waals surface area contributed by atoms with E-state index in [1.165, 1.54) is 4.68 Å². The Kier molecular flexibility index (Phi) is 2.07. The summed E-state index contributed by atoms with van der Waals surface area (Å²) in [5, 5.41) is 12.7. The molecule has 82 valence electrons. The van der Waals surface area contributed by atoms with Crippen molar-refractivity contribution in [1.82, 2.24) is 9.78 Å². The molecule has 15 heavy (non-hydrogen) atoms. The highest BCUT2D eigenvalue weighted by molar-refractivity contribution is 7.90. The number of nitrogens with zero attached hydrogens (tertiary/aromatic N) is 2. The number of aromatic carboxylic acids is 1. The molecular formula is C8H10N2O4S. The fraction of sp³-hybridized carbons (Fsp3) is 0.500. The van der Waals surface area contributed by atoms with Crippen LogP contribution in [0.4, 0.5) is 0 Å². The highest BCUT2D eigenvalue weighted by Gasteiger charge is 2.30. The van der Waals surface area contributed by atoms with Crippen molar-refractivity contribution in [3.63, 3.8) is 0 Å². The van der Waals surface area contributed by atoms with Crippen molar-refractivity contribution < 1.29 is 18.3 Å². The van der Waals surface area contributed by atoms with Crippen molar-refractivity contribution in [1.29, 1.82) is 0 Å². The molecule has 0 saturated carbocycles. The van der Waals surface area contributed by atoms with Gasteiger partial charge in [-0.25, -0.2) is 13.2 Å². The second-order valence-corrected chi connectivity index (χ2v) is 5.73. The second kappa shape index (κ2) is 3.06. The molecule has 0 unspecified atom stereocenters. The molecule has 1 aliphatic rings. The lowest BCUT2D eigenvalue weighted by Crippen LogP contribution is -2.20. The van der Waals surface area contributed by atoms with Crippen LogP contribution in [-0.2, 0) is 29.1 Å². The molecule has 7 heteroatoms. The van der Waals surface area contributed by atoms with E-state index < -0.39 is 15.8 Å². The zero-order chi connectivity index (χ0) is 11.2. The average Bonchev–Trinajstić information content (AvgIpc) is 2.41. The maximum absolute atomic E-state index is 11.4. The normalized spacial score (nSPS) is 18.5. The molecule has 0 saturated heterocycles. The number of carbonyl (C=O) groups is 1. The van der Waals surface area contributed by atoms with Gasteiger partial charge in [0.05, 0.1) is 11.5 Å². The molecule has 0 amide bonds. The Morgan fingerprint density at radius 3 is 2.80 bits per heavy atom. The first kappa shape index (κ1) is 10.2. The topological polar surface area (TPSA) is 89.3 Å². The van der Waals surface area contributed by atoms with Gasteiger partial charge in [-0.3, -0.25) is 4.68 Å². The second-order valence-electron chi connectivity index (χ2n) is 3.54. The minimum absolute atomic E-state index is 0.0680. The van der Waals surface area contributed by atoms with E-state index in [0.717, 1.165) is 0 Å². The van der Waals surface area contributed by atoms with Crippen LogP contribution in [-0.4, -0.2) is 35.0 Å². The van der Waals surface area contributed by atoms with Crippen molar-refractivity contribution >= 4 is 15.8 Å². The van der Waals surface area contributed by atoms with Crippen molar-refractivity contribution in [2.45, 2.75) is 12.2 Å².